The van der Waals surface area contributed by atoms with Gasteiger partial charge < -0.3 is 14.8 Å². The Labute approximate surface area is 109 Å². The van der Waals surface area contributed by atoms with Gasteiger partial charge in [0.25, 0.3) is 0 Å². The van der Waals surface area contributed by atoms with E-state index < -0.39 is 12.8 Å². The Morgan fingerprint density at radius 1 is 1.26 bits per heavy atom. The highest BCUT2D eigenvalue weighted by Crippen LogP contribution is 2.31. The van der Waals surface area contributed by atoms with Crippen molar-refractivity contribution in [3.63, 3.8) is 0 Å². The fourth-order valence-electron chi connectivity index (χ4n) is 1.97. The standard InChI is InChI=1S/C13H16F3NO2/c1-18-10-6-9(7-10)17-11-4-2-3-5-12(11)19-8-13(14,15)16/h2-5,9-10,17H,6-8H2,1H3. The highest BCUT2D eigenvalue weighted by atomic mass is 19.4. The van der Waals surface area contributed by atoms with Crippen LogP contribution < -0.4 is 10.1 Å². The van der Waals surface area contributed by atoms with Gasteiger partial charge in [0.1, 0.15) is 5.75 Å². The summed E-state index contributed by atoms with van der Waals surface area (Å²) >= 11 is 0. The molecule has 0 saturated heterocycles. The number of nitrogens with one attached hydrogen (secondary N) is 1. The largest absolute Gasteiger partial charge is 0.482 e. The van der Waals surface area contributed by atoms with Crippen molar-refractivity contribution in [3.8, 4) is 5.75 Å². The zero-order valence-electron chi connectivity index (χ0n) is 10.5. The van der Waals surface area contributed by atoms with E-state index in [0.717, 1.165) is 12.8 Å². The maximum Gasteiger partial charge on any atom is 0.422 e. The van der Waals surface area contributed by atoms with Crippen molar-refractivity contribution in [2.24, 2.45) is 0 Å². The Morgan fingerprint density at radius 2 is 1.95 bits per heavy atom. The fourth-order valence-corrected chi connectivity index (χ4v) is 1.97. The molecule has 6 heteroatoms. The topological polar surface area (TPSA) is 30.5 Å². The van der Waals surface area contributed by atoms with Crippen molar-refractivity contribution < 1.29 is 22.6 Å². The molecular formula is C13H16F3NO2. The van der Waals surface area contributed by atoms with Crippen LogP contribution in [0, 0.1) is 0 Å². The normalized spacial score (nSPS) is 22.7. The first-order valence-corrected chi connectivity index (χ1v) is 6.06. The molecule has 0 aromatic heterocycles. The third-order valence-corrected chi connectivity index (χ3v) is 3.07. The number of halogens is 3. The molecule has 1 aliphatic rings. The van der Waals surface area contributed by atoms with Gasteiger partial charge in [-0.15, -0.1) is 0 Å². The van der Waals surface area contributed by atoms with Gasteiger partial charge in [0.2, 0.25) is 0 Å². The summed E-state index contributed by atoms with van der Waals surface area (Å²) in [6.07, 6.45) is -2.39. The molecule has 19 heavy (non-hydrogen) atoms. The molecule has 3 nitrogen and oxygen atoms in total. The number of hydrogen-bond donors (Lipinski definition) is 1. The Bertz CT molecular complexity index is 417. The van der Waals surface area contributed by atoms with Crippen molar-refractivity contribution in [3.05, 3.63) is 24.3 Å². The molecule has 0 aliphatic heterocycles. The van der Waals surface area contributed by atoms with Crippen LogP contribution in [-0.4, -0.2) is 32.0 Å². The summed E-state index contributed by atoms with van der Waals surface area (Å²) in [5, 5.41) is 3.18. The van der Waals surface area contributed by atoms with Gasteiger partial charge in [-0.2, -0.15) is 13.2 Å². The number of anilines is 1. The molecule has 0 atom stereocenters. The molecule has 0 spiro atoms. The van der Waals surface area contributed by atoms with E-state index in [1.54, 1.807) is 25.3 Å². The molecule has 1 aromatic carbocycles. The maximum absolute atomic E-state index is 12.1. The highest BCUT2D eigenvalue weighted by molar-refractivity contribution is 5.57. The van der Waals surface area contributed by atoms with Crippen molar-refractivity contribution in [1.29, 1.82) is 0 Å². The van der Waals surface area contributed by atoms with Gasteiger partial charge in [0.05, 0.1) is 11.8 Å². The highest BCUT2D eigenvalue weighted by Gasteiger charge is 2.31. The number of benzene rings is 1. The van der Waals surface area contributed by atoms with Crippen LogP contribution in [0.25, 0.3) is 0 Å². The van der Waals surface area contributed by atoms with Gasteiger partial charge in [-0.05, 0) is 25.0 Å². The molecule has 0 radical (unpaired) electrons. The number of para-hydroxylation sites is 2. The van der Waals surface area contributed by atoms with E-state index in [1.165, 1.54) is 6.07 Å². The van der Waals surface area contributed by atoms with E-state index in [0.29, 0.717) is 5.69 Å². The van der Waals surface area contributed by atoms with Gasteiger partial charge in [-0.1, -0.05) is 12.1 Å². The maximum atomic E-state index is 12.1. The molecule has 0 heterocycles. The van der Waals surface area contributed by atoms with Crippen LogP contribution in [0.2, 0.25) is 0 Å². The van der Waals surface area contributed by atoms with Gasteiger partial charge in [-0.25, -0.2) is 0 Å². The van der Waals surface area contributed by atoms with Crippen LogP contribution >= 0.6 is 0 Å². The van der Waals surface area contributed by atoms with Crippen LogP contribution in [0.3, 0.4) is 0 Å². The Balaban J connectivity index is 1.93. The number of methoxy groups -OCH3 is 1. The molecule has 1 aliphatic carbocycles. The lowest BCUT2D eigenvalue weighted by molar-refractivity contribution is -0.153. The van der Waals surface area contributed by atoms with Crippen LogP contribution in [-0.2, 0) is 4.74 Å². The monoisotopic (exact) mass is 275 g/mol. The Hall–Kier alpha value is -1.43. The molecule has 1 saturated carbocycles. The minimum absolute atomic E-state index is 0.223. The molecule has 106 valence electrons. The predicted octanol–water partition coefficient (Wildman–Crippen LogP) is 3.22. The van der Waals surface area contributed by atoms with Gasteiger partial charge in [0.15, 0.2) is 6.61 Å². The summed E-state index contributed by atoms with van der Waals surface area (Å²) in [5.41, 5.74) is 0.589. The summed E-state index contributed by atoms with van der Waals surface area (Å²) in [7, 11) is 1.65. The summed E-state index contributed by atoms with van der Waals surface area (Å²) in [4.78, 5) is 0. The predicted molar refractivity (Wildman–Crippen MR) is 65.4 cm³/mol. The number of hydrogen-bond acceptors (Lipinski definition) is 3. The SMILES string of the molecule is COC1CC(Nc2ccccc2OCC(F)(F)F)C1. The second-order valence-electron chi connectivity index (χ2n) is 4.57. The van der Waals surface area contributed by atoms with Gasteiger partial charge in [0, 0.05) is 13.2 Å². The van der Waals surface area contributed by atoms with E-state index in [4.69, 9.17) is 9.47 Å². The first-order valence-electron chi connectivity index (χ1n) is 6.06. The molecule has 1 aromatic rings. The minimum Gasteiger partial charge on any atom is -0.482 e. The zero-order chi connectivity index (χ0) is 13.9. The van der Waals surface area contributed by atoms with Gasteiger partial charge in [-0.3, -0.25) is 0 Å². The van der Waals surface area contributed by atoms with E-state index in [2.05, 4.69) is 5.32 Å². The number of alkyl halides is 3. The molecule has 1 fully saturated rings. The molecule has 0 unspecified atom stereocenters. The average molecular weight is 275 g/mol. The van der Waals surface area contributed by atoms with Crippen LogP contribution in [0.1, 0.15) is 12.8 Å². The Morgan fingerprint density at radius 3 is 2.58 bits per heavy atom. The fraction of sp³-hybridized carbons (Fsp3) is 0.538. The summed E-state index contributed by atoms with van der Waals surface area (Å²) in [6.45, 7) is -1.28. The lowest BCUT2D eigenvalue weighted by atomic mass is 9.89. The molecular weight excluding hydrogens is 259 g/mol. The first-order chi connectivity index (χ1) is 8.98. The Kier molecular flexibility index (Phi) is 4.19. The quantitative estimate of drug-likeness (QED) is 0.895. The van der Waals surface area contributed by atoms with E-state index >= 15 is 0 Å². The first kappa shape index (κ1) is 14.0. The third kappa shape index (κ3) is 4.02. The molecule has 0 bridgehead atoms. The van der Waals surface area contributed by atoms with Crippen LogP contribution in [0.5, 0.6) is 5.75 Å². The van der Waals surface area contributed by atoms with Crippen molar-refractivity contribution in [1.82, 2.24) is 0 Å². The molecule has 1 N–H and O–H groups in total. The van der Waals surface area contributed by atoms with Crippen LogP contribution in [0.15, 0.2) is 24.3 Å². The molecule has 2 rings (SSSR count). The zero-order valence-corrected chi connectivity index (χ0v) is 10.5. The smallest absolute Gasteiger partial charge is 0.422 e. The van der Waals surface area contributed by atoms with E-state index in [9.17, 15) is 13.2 Å². The average Bonchev–Trinajstić information content (AvgIpc) is 2.31. The number of ether oxygens (including phenoxy) is 2. The third-order valence-electron chi connectivity index (χ3n) is 3.07. The number of rotatable bonds is 5. The summed E-state index contributed by atoms with van der Waals surface area (Å²) in [5.74, 6) is 0.223. The second kappa shape index (κ2) is 5.69. The van der Waals surface area contributed by atoms with Crippen molar-refractivity contribution in [2.45, 2.75) is 31.2 Å². The molecule has 0 amide bonds. The van der Waals surface area contributed by atoms with Gasteiger partial charge >= 0.3 is 6.18 Å². The van der Waals surface area contributed by atoms with Crippen LogP contribution in [0.4, 0.5) is 18.9 Å². The lowest BCUT2D eigenvalue weighted by Crippen LogP contribution is -2.40. The lowest BCUT2D eigenvalue weighted by Gasteiger charge is -2.35. The summed E-state index contributed by atoms with van der Waals surface area (Å²) < 4.78 is 46.4. The van der Waals surface area contributed by atoms with Crippen molar-refractivity contribution >= 4 is 5.69 Å². The minimum atomic E-state index is -4.33. The van der Waals surface area contributed by atoms with E-state index in [1.807, 2.05) is 0 Å². The van der Waals surface area contributed by atoms with E-state index in [-0.39, 0.29) is 17.9 Å². The van der Waals surface area contributed by atoms with Crippen molar-refractivity contribution in [2.75, 3.05) is 19.0 Å². The summed E-state index contributed by atoms with van der Waals surface area (Å²) in [6, 6.07) is 6.87. The second-order valence-corrected chi connectivity index (χ2v) is 4.57.